The summed E-state index contributed by atoms with van der Waals surface area (Å²) in [5.74, 6) is -0.737. The number of carbonyl (C=O) groups is 1. The van der Waals surface area contributed by atoms with E-state index in [2.05, 4.69) is 27.1 Å². The molecule has 0 spiro atoms. The average molecular weight is 535 g/mol. The van der Waals surface area contributed by atoms with Gasteiger partial charge in [-0.3, -0.25) is 9.48 Å². The van der Waals surface area contributed by atoms with Crippen LogP contribution >= 0.6 is 15.9 Å². The Balaban J connectivity index is 1.63. The maximum atomic E-state index is 13.2. The molecule has 5 rings (SSSR count). The molecule has 0 aliphatic carbocycles. The molecular weight excluding hydrogens is 512 g/mol. The molecule has 2 N–H and O–H groups in total. The molecule has 0 bridgehead atoms. The van der Waals surface area contributed by atoms with Crippen LogP contribution in [0, 0.1) is 31.1 Å². The van der Waals surface area contributed by atoms with Gasteiger partial charge in [0.15, 0.2) is 5.88 Å². The van der Waals surface area contributed by atoms with Crippen molar-refractivity contribution in [3.05, 3.63) is 86.5 Å². The lowest BCUT2D eigenvalue weighted by Gasteiger charge is -2.40. The molecule has 9 heteroatoms. The van der Waals surface area contributed by atoms with E-state index in [9.17, 15) is 10.1 Å². The summed E-state index contributed by atoms with van der Waals surface area (Å²) in [4.78, 5) is 13.2. The molecule has 0 saturated carbocycles. The highest BCUT2D eigenvalue weighted by Gasteiger charge is 2.50. The molecule has 8 nitrogen and oxygen atoms in total. The molecule has 1 aromatic heterocycles. The first-order chi connectivity index (χ1) is 16.8. The zero-order chi connectivity index (χ0) is 24.9. The Morgan fingerprint density at radius 3 is 2.71 bits per heavy atom. The number of rotatable bonds is 4. The van der Waals surface area contributed by atoms with Crippen molar-refractivity contribution in [3.63, 3.8) is 0 Å². The molecule has 2 aliphatic rings. The van der Waals surface area contributed by atoms with Crippen LogP contribution in [0.3, 0.4) is 0 Å². The second-order valence-corrected chi connectivity index (χ2v) is 9.40. The van der Waals surface area contributed by atoms with Crippen LogP contribution in [0.2, 0.25) is 0 Å². The molecule has 0 amide bonds. The Morgan fingerprint density at radius 2 is 2.03 bits per heavy atom. The van der Waals surface area contributed by atoms with E-state index in [-0.39, 0.29) is 11.5 Å². The number of benzene rings is 2. The lowest BCUT2D eigenvalue weighted by molar-refractivity contribution is -0.148. The van der Waals surface area contributed by atoms with Gasteiger partial charge in [-0.05, 0) is 53.5 Å². The van der Waals surface area contributed by atoms with Gasteiger partial charge in [-0.25, -0.2) is 0 Å². The maximum absolute atomic E-state index is 13.2. The summed E-state index contributed by atoms with van der Waals surface area (Å²) in [6.07, 6.45) is -0.660. The summed E-state index contributed by atoms with van der Waals surface area (Å²) < 4.78 is 20.0. The highest BCUT2D eigenvalue weighted by Crippen LogP contribution is 2.51. The number of nitriles is 1. The normalized spacial score (nSPS) is 20.9. The molecule has 0 radical (unpaired) electrons. The van der Waals surface area contributed by atoms with Gasteiger partial charge in [-0.15, -0.1) is 0 Å². The molecule has 0 saturated heterocycles. The van der Waals surface area contributed by atoms with Crippen molar-refractivity contribution in [2.24, 2.45) is 11.7 Å². The monoisotopic (exact) mass is 534 g/mol. The molecule has 3 aromatic rings. The number of aryl methyl sites for hydroxylation is 1. The van der Waals surface area contributed by atoms with Crippen molar-refractivity contribution in [1.29, 1.82) is 5.26 Å². The van der Waals surface area contributed by atoms with Gasteiger partial charge >= 0.3 is 5.97 Å². The van der Waals surface area contributed by atoms with Crippen molar-refractivity contribution >= 4 is 21.9 Å². The molecule has 35 heavy (non-hydrogen) atoms. The van der Waals surface area contributed by atoms with Gasteiger partial charge in [-0.1, -0.05) is 24.3 Å². The number of methoxy groups -OCH3 is 1. The van der Waals surface area contributed by atoms with Gasteiger partial charge in [0.25, 0.3) is 0 Å². The first-order valence-corrected chi connectivity index (χ1v) is 11.9. The number of hydrogen-bond donors (Lipinski definition) is 1. The van der Waals surface area contributed by atoms with Crippen molar-refractivity contribution in [3.8, 4) is 17.6 Å². The predicted octanol–water partition coefficient (Wildman–Crippen LogP) is 4.40. The van der Waals surface area contributed by atoms with E-state index in [4.69, 9.17) is 19.9 Å². The third-order valence-electron chi connectivity index (χ3n) is 6.62. The minimum absolute atomic E-state index is 0.0168. The summed E-state index contributed by atoms with van der Waals surface area (Å²) in [5.41, 5.74) is 10.6. The summed E-state index contributed by atoms with van der Waals surface area (Å²) in [6, 6.07) is 15.0. The Bertz CT molecular complexity index is 1420. The number of fused-ring (bicyclic) bond motifs is 3. The third kappa shape index (κ3) is 3.74. The SMILES string of the molecule is COc1ccc([C@@H]2C(C#N)=C(N)O[C@H]3c4ccccc4OC(=O)[C@@H]32)cc1Cn1nc(C)c(Br)c1C. The van der Waals surface area contributed by atoms with Crippen LogP contribution in [-0.4, -0.2) is 22.9 Å². The number of esters is 1. The first-order valence-electron chi connectivity index (χ1n) is 11.1. The van der Waals surface area contributed by atoms with Gasteiger partial charge in [0.1, 0.15) is 29.6 Å². The summed E-state index contributed by atoms with van der Waals surface area (Å²) >= 11 is 3.57. The van der Waals surface area contributed by atoms with Crippen LogP contribution in [-0.2, 0) is 16.1 Å². The summed E-state index contributed by atoms with van der Waals surface area (Å²) in [5, 5.41) is 14.6. The zero-order valence-corrected chi connectivity index (χ0v) is 21.0. The number of nitrogens with two attached hydrogens (primary N) is 1. The minimum Gasteiger partial charge on any atom is -0.496 e. The Kier molecular flexibility index (Phi) is 5.77. The summed E-state index contributed by atoms with van der Waals surface area (Å²) in [6.45, 7) is 4.36. The Labute approximate surface area is 211 Å². The quantitative estimate of drug-likeness (QED) is 0.389. The number of nitrogens with zero attached hydrogens (tertiary/aromatic N) is 3. The fraction of sp³-hybridized carbons (Fsp3) is 0.269. The molecule has 2 aliphatic heterocycles. The van der Waals surface area contributed by atoms with Gasteiger partial charge in [0, 0.05) is 17.0 Å². The lowest BCUT2D eigenvalue weighted by Crippen LogP contribution is -2.41. The maximum Gasteiger partial charge on any atom is 0.319 e. The Hall–Kier alpha value is -3.77. The fourth-order valence-electron chi connectivity index (χ4n) is 4.89. The molecule has 2 aromatic carbocycles. The Morgan fingerprint density at radius 1 is 1.26 bits per heavy atom. The van der Waals surface area contributed by atoms with E-state index in [0.717, 1.165) is 32.6 Å². The van der Waals surface area contributed by atoms with Gasteiger partial charge in [0.2, 0.25) is 0 Å². The van der Waals surface area contributed by atoms with Gasteiger partial charge in [-0.2, -0.15) is 10.4 Å². The van der Waals surface area contributed by atoms with Crippen LogP contribution in [0.25, 0.3) is 0 Å². The van der Waals surface area contributed by atoms with Crippen LogP contribution in [0.4, 0.5) is 0 Å². The third-order valence-corrected chi connectivity index (χ3v) is 7.77. The highest BCUT2D eigenvalue weighted by atomic mass is 79.9. The van der Waals surface area contributed by atoms with E-state index in [1.807, 2.05) is 48.9 Å². The largest absolute Gasteiger partial charge is 0.496 e. The molecule has 178 valence electrons. The number of ether oxygens (including phenoxy) is 3. The van der Waals surface area contributed by atoms with E-state index < -0.39 is 23.9 Å². The van der Waals surface area contributed by atoms with Crippen molar-refractivity contribution in [1.82, 2.24) is 9.78 Å². The van der Waals surface area contributed by atoms with E-state index in [1.165, 1.54) is 0 Å². The number of para-hydroxylation sites is 1. The fourth-order valence-corrected chi connectivity index (χ4v) is 5.17. The van der Waals surface area contributed by atoms with Crippen molar-refractivity contribution < 1.29 is 19.0 Å². The van der Waals surface area contributed by atoms with Crippen LogP contribution < -0.4 is 15.2 Å². The number of allylic oxidation sites excluding steroid dienone is 1. The molecular formula is C26H23BrN4O4. The second-order valence-electron chi connectivity index (χ2n) is 8.60. The second kappa shape index (κ2) is 8.78. The van der Waals surface area contributed by atoms with E-state index in [1.54, 1.807) is 19.2 Å². The number of hydrogen-bond acceptors (Lipinski definition) is 7. The molecule has 3 atom stereocenters. The topological polar surface area (TPSA) is 112 Å². The molecule has 3 heterocycles. The van der Waals surface area contributed by atoms with Crippen molar-refractivity contribution in [2.75, 3.05) is 7.11 Å². The number of aromatic nitrogens is 2. The van der Waals surface area contributed by atoms with E-state index in [0.29, 0.717) is 18.0 Å². The lowest BCUT2D eigenvalue weighted by atomic mass is 9.73. The average Bonchev–Trinajstić information content (AvgIpc) is 3.09. The van der Waals surface area contributed by atoms with Crippen LogP contribution in [0.5, 0.6) is 11.5 Å². The summed E-state index contributed by atoms with van der Waals surface area (Å²) in [7, 11) is 1.61. The van der Waals surface area contributed by atoms with Gasteiger partial charge in [0.05, 0.1) is 35.1 Å². The molecule has 0 unspecified atom stereocenters. The standard InChI is InChI=1S/C26H23BrN4O4/c1-13-23(27)14(2)31(30-13)12-16-10-15(8-9-19(16)33-3)21-18(11-28)25(29)35-24-17-6-4-5-7-20(17)34-26(32)22(21)24/h4-10,21-22,24H,12,29H2,1-3H3/t21-,22-,24+/m1/s1. The molecule has 0 fully saturated rings. The minimum atomic E-state index is -0.768. The number of carbonyl (C=O) groups excluding carboxylic acids is 1. The van der Waals surface area contributed by atoms with E-state index >= 15 is 0 Å². The van der Waals surface area contributed by atoms with Crippen LogP contribution in [0.15, 0.2) is 58.4 Å². The van der Waals surface area contributed by atoms with Crippen molar-refractivity contribution in [2.45, 2.75) is 32.4 Å². The smallest absolute Gasteiger partial charge is 0.319 e. The zero-order valence-electron chi connectivity index (χ0n) is 19.4. The number of halogens is 1. The predicted molar refractivity (Wildman–Crippen MR) is 130 cm³/mol. The first kappa shape index (κ1) is 23.0. The highest BCUT2D eigenvalue weighted by molar-refractivity contribution is 9.10. The van der Waals surface area contributed by atoms with Crippen LogP contribution in [0.1, 0.15) is 40.1 Å². The van der Waals surface area contributed by atoms with Gasteiger partial charge < -0.3 is 19.9 Å².